The topological polar surface area (TPSA) is 264 Å². The summed E-state index contributed by atoms with van der Waals surface area (Å²) >= 11 is 0. The lowest BCUT2D eigenvalue weighted by atomic mass is 9.90. The highest BCUT2D eigenvalue weighted by atomic mass is 31.1. The van der Waals surface area contributed by atoms with E-state index in [0.29, 0.717) is 19.6 Å². The number of carbonyl (C=O) groups is 10. The largest absolute Gasteiger partial charge is 0.480 e. The third-order valence-electron chi connectivity index (χ3n) is 10.1. The molecule has 0 aromatic carbocycles. The summed E-state index contributed by atoms with van der Waals surface area (Å²) in [5.41, 5.74) is 0. The summed E-state index contributed by atoms with van der Waals surface area (Å²) in [5, 5.41) is 17.6. The molecular formula is C44H73B4N3O15P4. The van der Waals surface area contributed by atoms with Crippen LogP contribution in [-0.4, -0.2) is 222 Å². The van der Waals surface area contributed by atoms with E-state index in [1.165, 1.54) is 0 Å². The van der Waals surface area contributed by atoms with Crippen LogP contribution in [0, 0.1) is 5.92 Å². The molecule has 4 N–H and O–H groups in total. The maximum absolute atomic E-state index is 13.8. The predicted octanol–water partition coefficient (Wildman–Crippen LogP) is 2.15. The van der Waals surface area contributed by atoms with Gasteiger partial charge in [-0.15, -0.1) is 0 Å². The van der Waals surface area contributed by atoms with Crippen LogP contribution in [0.15, 0.2) is 0 Å². The molecule has 0 aromatic rings. The number of hydrogen-bond acceptors (Lipinski definition) is 15. The summed E-state index contributed by atoms with van der Waals surface area (Å²) in [5.74, 6) is -5.10. The molecule has 0 saturated carbocycles. The Morgan fingerprint density at radius 3 is 1.59 bits per heavy atom. The van der Waals surface area contributed by atoms with Crippen molar-refractivity contribution < 1.29 is 72.0 Å². The fourth-order valence-corrected chi connectivity index (χ4v) is 9.53. The molecule has 0 bridgehead atoms. The molecule has 0 aromatic heterocycles. The standard InChI is InChI=1S/C44H73B4N3O15P4/c1-6-63-20-22-65-25-34(54)17-18-49-39(44(61)62)16-11-32(52)8-7-19-64-21-23-66-26-42(59)50-38(43(60)51-37(41(58)30-70(5)48)14-13-36(56)28-68(3)46)15-12-33(53)24-31(40(57)29-69(4)47)9-10-35(55)27-67(2)45/h31,37-39,49H,6-30H2,1-5H3,(H,50,59)(H,51,60)(H,61,62). The molecule has 2 amide bonds. The van der Waals surface area contributed by atoms with Crippen molar-refractivity contribution in [2.24, 2.45) is 5.92 Å². The van der Waals surface area contributed by atoms with Gasteiger partial charge in [-0.05, 0) is 39.0 Å². The smallest absolute Gasteiger partial charge is 0.320 e. The van der Waals surface area contributed by atoms with Gasteiger partial charge in [0.2, 0.25) is 11.8 Å². The molecule has 26 heteroatoms. The van der Waals surface area contributed by atoms with Crippen LogP contribution in [0.3, 0.4) is 0 Å². The summed E-state index contributed by atoms with van der Waals surface area (Å²) in [6, 6.07) is -3.46. The van der Waals surface area contributed by atoms with Crippen LogP contribution in [0.25, 0.3) is 0 Å². The first-order valence-electron chi connectivity index (χ1n) is 23.4. The summed E-state index contributed by atoms with van der Waals surface area (Å²) in [6.45, 7) is 9.63. The second-order valence-electron chi connectivity index (χ2n) is 17.1. The number of carbonyl (C=O) groups excluding carboxylic acids is 9. The molecule has 0 heterocycles. The number of rotatable bonds is 47. The Kier molecular flexibility index (Phi) is 40.0. The van der Waals surface area contributed by atoms with Gasteiger partial charge in [-0.3, -0.25) is 47.9 Å². The number of hydrogen-bond donors (Lipinski definition) is 4. The Morgan fingerprint density at radius 1 is 0.500 bits per heavy atom. The summed E-state index contributed by atoms with van der Waals surface area (Å²) in [6.07, 6.45) is 0.425. The zero-order chi connectivity index (χ0) is 53.0. The third kappa shape index (κ3) is 37.6. The Bertz CT molecular complexity index is 1650. The van der Waals surface area contributed by atoms with Gasteiger partial charge in [-0.25, -0.2) is 0 Å². The monoisotopic (exact) mass is 1050 g/mol. The van der Waals surface area contributed by atoms with Crippen LogP contribution in [0.4, 0.5) is 0 Å². The van der Waals surface area contributed by atoms with Crippen molar-refractivity contribution in [3.05, 3.63) is 0 Å². The van der Waals surface area contributed by atoms with Gasteiger partial charge in [0, 0.05) is 95.3 Å². The van der Waals surface area contributed by atoms with E-state index in [9.17, 15) is 53.1 Å². The zero-order valence-corrected chi connectivity index (χ0v) is 45.3. The average molecular weight is 1050 g/mol. The summed E-state index contributed by atoms with van der Waals surface area (Å²) in [7, 11) is 19.2. The quantitative estimate of drug-likeness (QED) is 0.0387. The third-order valence-corrected chi connectivity index (χ3v) is 13.5. The summed E-state index contributed by atoms with van der Waals surface area (Å²) < 4.78 is 21.3. The predicted molar refractivity (Wildman–Crippen MR) is 280 cm³/mol. The Balaban J connectivity index is 5.41. The molecule has 0 aliphatic carbocycles. The van der Waals surface area contributed by atoms with Gasteiger partial charge in [0.1, 0.15) is 84.5 Å². The molecule has 8 radical (unpaired) electrons. The van der Waals surface area contributed by atoms with Gasteiger partial charge < -0.3 is 40.0 Å². The van der Waals surface area contributed by atoms with Crippen LogP contribution >= 0.6 is 31.2 Å². The van der Waals surface area contributed by atoms with Gasteiger partial charge in [0.05, 0.1) is 32.5 Å². The first kappa shape index (κ1) is 67.9. The van der Waals surface area contributed by atoms with Crippen LogP contribution < -0.4 is 16.0 Å². The fourth-order valence-electron chi connectivity index (χ4n) is 6.64. The van der Waals surface area contributed by atoms with Crippen molar-refractivity contribution >= 4 is 120 Å². The average Bonchev–Trinajstić information content (AvgIpc) is 3.25. The molecule has 8 unspecified atom stereocenters. The van der Waals surface area contributed by atoms with Gasteiger partial charge in [-0.1, -0.05) is 26.7 Å². The second-order valence-corrected chi connectivity index (χ2v) is 24.5. The van der Waals surface area contributed by atoms with E-state index in [2.05, 4.69) is 16.0 Å². The molecular weight excluding hydrogens is 978 g/mol. The second kappa shape index (κ2) is 41.3. The molecule has 0 aliphatic rings. The van der Waals surface area contributed by atoms with Gasteiger partial charge in [0.25, 0.3) is 0 Å². The van der Waals surface area contributed by atoms with E-state index >= 15 is 0 Å². The summed E-state index contributed by atoms with van der Waals surface area (Å²) in [4.78, 5) is 128. The number of Topliss-reactive ketones (excluding diaryl/α,β-unsaturated/α-hetero) is 7. The van der Waals surface area contributed by atoms with Crippen molar-refractivity contribution in [2.45, 2.75) is 102 Å². The van der Waals surface area contributed by atoms with Gasteiger partial charge in [0.15, 0.2) is 11.6 Å². The molecule has 0 spiro atoms. The fraction of sp³-hybridized carbons (Fsp3) is 0.773. The Hall–Kier alpha value is -2.12. The van der Waals surface area contributed by atoms with Gasteiger partial charge in [-0.2, -0.15) is 31.2 Å². The van der Waals surface area contributed by atoms with E-state index < -0.39 is 91.2 Å². The normalized spacial score (nSPS) is 14.8. The highest BCUT2D eigenvalue weighted by molar-refractivity contribution is 7.83. The number of nitrogens with one attached hydrogen (secondary N) is 3. The van der Waals surface area contributed by atoms with E-state index in [1.54, 1.807) is 26.7 Å². The lowest BCUT2D eigenvalue weighted by Gasteiger charge is -2.24. The van der Waals surface area contributed by atoms with E-state index in [0.717, 1.165) is 0 Å². The highest BCUT2D eigenvalue weighted by Gasteiger charge is 2.30. The SMILES string of the molecule is [B]P(C)CC(=O)CCC(CC(=O)CCC(NC(=O)COCCOCCCC(=O)CCC(NCCC(=O)COCCOCC)C(=O)O)C(=O)NC(CCC(=O)CP([B])C)C(=O)CP([B])C)C(=O)CP([B])C. The maximum Gasteiger partial charge on any atom is 0.320 e. The number of carboxylic acid groups (broad SMARTS) is 1. The molecule has 0 aliphatic heterocycles. The van der Waals surface area contributed by atoms with Crippen molar-refractivity contribution in [2.75, 3.05) is 111 Å². The minimum Gasteiger partial charge on any atom is -0.480 e. The number of ether oxygens (including phenoxy) is 4. The van der Waals surface area contributed by atoms with Crippen LogP contribution in [0.1, 0.15) is 84.0 Å². The molecule has 0 rings (SSSR count). The Morgan fingerprint density at radius 2 is 1.00 bits per heavy atom. The van der Waals surface area contributed by atoms with Crippen LogP contribution in [0.2, 0.25) is 0 Å². The first-order valence-corrected chi connectivity index (χ1v) is 31.6. The van der Waals surface area contributed by atoms with E-state index in [-0.39, 0.29) is 164 Å². The van der Waals surface area contributed by atoms with Crippen molar-refractivity contribution in [1.82, 2.24) is 16.0 Å². The highest BCUT2D eigenvalue weighted by Crippen LogP contribution is 2.29. The lowest BCUT2D eigenvalue weighted by molar-refractivity contribution is -0.140. The van der Waals surface area contributed by atoms with Crippen molar-refractivity contribution in [3.63, 3.8) is 0 Å². The molecule has 8 atom stereocenters. The zero-order valence-electron chi connectivity index (χ0n) is 41.7. The lowest BCUT2D eigenvalue weighted by Crippen LogP contribution is -2.52. The number of aliphatic carboxylic acids is 1. The number of amides is 2. The molecule has 18 nitrogen and oxygen atoms in total. The number of ketones is 7. The minimum absolute atomic E-state index is 0.00942. The minimum atomic E-state index is -1.34. The molecule has 0 fully saturated rings. The van der Waals surface area contributed by atoms with Crippen LogP contribution in [-0.2, 0) is 66.9 Å². The Labute approximate surface area is 424 Å². The number of carboxylic acids is 1. The van der Waals surface area contributed by atoms with Gasteiger partial charge >= 0.3 is 5.97 Å². The maximum atomic E-state index is 13.8. The van der Waals surface area contributed by atoms with Crippen LogP contribution in [0.5, 0.6) is 0 Å². The van der Waals surface area contributed by atoms with E-state index in [4.69, 9.17) is 49.2 Å². The van der Waals surface area contributed by atoms with Crippen molar-refractivity contribution in [3.8, 4) is 0 Å². The first-order chi connectivity index (χ1) is 33.0. The molecule has 0 saturated heterocycles. The van der Waals surface area contributed by atoms with E-state index in [1.807, 2.05) is 6.92 Å². The molecule has 386 valence electrons. The van der Waals surface area contributed by atoms with Crippen molar-refractivity contribution in [1.29, 1.82) is 0 Å². The molecule has 70 heavy (non-hydrogen) atoms.